The molecule has 0 heterocycles. The molecule has 0 saturated carbocycles. The zero-order valence-electron chi connectivity index (χ0n) is 14.4. The van der Waals surface area contributed by atoms with Crippen molar-refractivity contribution in [2.45, 2.75) is 20.3 Å². The number of amides is 1. The SMILES string of the molecule is CC(C)COC(=NCCC[NH+](C)C)NC(=O)c1ccccc1F. The molecule has 0 aliphatic carbocycles. The molecular formula is C17H27FN3O2+. The third kappa shape index (κ3) is 7.74. The van der Waals surface area contributed by atoms with Crippen LogP contribution in [0.3, 0.4) is 0 Å². The number of ether oxygens (including phenoxy) is 1. The topological polar surface area (TPSA) is 55.1 Å². The van der Waals surface area contributed by atoms with E-state index in [9.17, 15) is 9.18 Å². The fraction of sp³-hybridized carbons (Fsp3) is 0.529. The van der Waals surface area contributed by atoms with Gasteiger partial charge in [-0.05, 0) is 18.1 Å². The minimum absolute atomic E-state index is 0.0221. The smallest absolute Gasteiger partial charge is 0.291 e. The zero-order chi connectivity index (χ0) is 17.2. The Hall–Kier alpha value is -1.95. The maximum atomic E-state index is 13.7. The fourth-order valence-corrected chi connectivity index (χ4v) is 1.79. The summed E-state index contributed by atoms with van der Waals surface area (Å²) in [6.07, 6.45) is 0.881. The Morgan fingerprint density at radius 1 is 1.35 bits per heavy atom. The maximum Gasteiger partial charge on any atom is 0.291 e. The normalized spacial score (nSPS) is 11.9. The number of carbonyl (C=O) groups excluding carboxylic acids is 1. The third-order valence-corrected chi connectivity index (χ3v) is 2.98. The first-order valence-corrected chi connectivity index (χ1v) is 7.92. The van der Waals surface area contributed by atoms with E-state index in [-0.39, 0.29) is 11.6 Å². The van der Waals surface area contributed by atoms with Gasteiger partial charge in [0, 0.05) is 13.0 Å². The van der Waals surface area contributed by atoms with Crippen LogP contribution in [0.5, 0.6) is 0 Å². The maximum absolute atomic E-state index is 13.7. The molecule has 23 heavy (non-hydrogen) atoms. The minimum atomic E-state index is -0.565. The van der Waals surface area contributed by atoms with Gasteiger partial charge in [-0.25, -0.2) is 9.38 Å². The van der Waals surface area contributed by atoms with Crippen LogP contribution < -0.4 is 10.2 Å². The number of nitrogens with zero attached hydrogens (tertiary/aromatic N) is 1. The van der Waals surface area contributed by atoms with Gasteiger partial charge in [-0.1, -0.05) is 26.0 Å². The highest BCUT2D eigenvalue weighted by Crippen LogP contribution is 2.06. The van der Waals surface area contributed by atoms with Crippen molar-refractivity contribution in [1.29, 1.82) is 0 Å². The van der Waals surface area contributed by atoms with Gasteiger partial charge in [0.1, 0.15) is 5.82 Å². The number of nitrogens with one attached hydrogen (secondary N) is 2. The Kier molecular flexibility index (Phi) is 8.26. The molecule has 1 amide bonds. The molecule has 0 bridgehead atoms. The van der Waals surface area contributed by atoms with Crippen LogP contribution in [-0.2, 0) is 4.74 Å². The highest BCUT2D eigenvalue weighted by atomic mass is 19.1. The molecule has 5 nitrogen and oxygen atoms in total. The summed E-state index contributed by atoms with van der Waals surface area (Å²) < 4.78 is 19.2. The molecule has 128 valence electrons. The molecule has 0 unspecified atom stereocenters. The number of rotatable bonds is 7. The summed E-state index contributed by atoms with van der Waals surface area (Å²) in [7, 11) is 4.14. The summed E-state index contributed by atoms with van der Waals surface area (Å²) in [6, 6.07) is 5.99. The van der Waals surface area contributed by atoms with E-state index in [0.29, 0.717) is 19.1 Å². The second kappa shape index (κ2) is 9.94. The monoisotopic (exact) mass is 324 g/mol. The Morgan fingerprint density at radius 3 is 2.65 bits per heavy atom. The second-order valence-corrected chi connectivity index (χ2v) is 6.14. The summed E-state index contributed by atoms with van der Waals surface area (Å²) >= 11 is 0. The van der Waals surface area contributed by atoms with Crippen LogP contribution in [0.2, 0.25) is 0 Å². The van der Waals surface area contributed by atoms with E-state index in [1.807, 2.05) is 13.8 Å². The third-order valence-electron chi connectivity index (χ3n) is 2.98. The lowest BCUT2D eigenvalue weighted by Crippen LogP contribution is -3.05. The van der Waals surface area contributed by atoms with Crippen molar-refractivity contribution in [2.75, 3.05) is 33.8 Å². The molecular weight excluding hydrogens is 297 g/mol. The van der Waals surface area contributed by atoms with E-state index in [0.717, 1.165) is 13.0 Å². The minimum Gasteiger partial charge on any atom is -0.465 e. The molecule has 0 fully saturated rings. The van der Waals surface area contributed by atoms with Crippen molar-refractivity contribution >= 4 is 11.9 Å². The number of amidine groups is 1. The van der Waals surface area contributed by atoms with Crippen LogP contribution in [0.4, 0.5) is 4.39 Å². The number of benzene rings is 1. The number of hydrogen-bond donors (Lipinski definition) is 2. The molecule has 0 aliphatic rings. The molecule has 1 rings (SSSR count). The molecule has 0 saturated heterocycles. The van der Waals surface area contributed by atoms with Gasteiger partial charge in [-0.3, -0.25) is 10.1 Å². The van der Waals surface area contributed by atoms with Crippen molar-refractivity contribution in [3.63, 3.8) is 0 Å². The lowest BCUT2D eigenvalue weighted by Gasteiger charge is -2.13. The number of aliphatic imine (C=N–C) groups is 1. The molecule has 0 aromatic heterocycles. The summed E-state index contributed by atoms with van der Waals surface area (Å²) in [6.45, 7) is 5.98. The lowest BCUT2D eigenvalue weighted by atomic mass is 10.2. The molecule has 1 aromatic carbocycles. The first-order chi connectivity index (χ1) is 10.9. The highest BCUT2D eigenvalue weighted by molar-refractivity contribution is 6.04. The lowest BCUT2D eigenvalue weighted by molar-refractivity contribution is -0.858. The highest BCUT2D eigenvalue weighted by Gasteiger charge is 2.14. The van der Waals surface area contributed by atoms with E-state index >= 15 is 0 Å². The Bertz CT molecular complexity index is 530. The standard InChI is InChI=1S/C17H26FN3O2/c1-13(2)12-23-17(19-10-7-11-21(3)4)20-16(22)14-8-5-6-9-15(14)18/h5-6,8-9,13H,7,10-12H2,1-4H3,(H,19,20,22)/p+1. The van der Waals surface area contributed by atoms with Crippen molar-refractivity contribution in [3.8, 4) is 0 Å². The van der Waals surface area contributed by atoms with Gasteiger partial charge < -0.3 is 9.64 Å². The zero-order valence-corrected chi connectivity index (χ0v) is 14.4. The van der Waals surface area contributed by atoms with Crippen molar-refractivity contribution in [3.05, 3.63) is 35.6 Å². The van der Waals surface area contributed by atoms with Gasteiger partial charge in [-0.15, -0.1) is 0 Å². The van der Waals surface area contributed by atoms with Crippen LogP contribution in [0, 0.1) is 11.7 Å². The number of quaternary nitrogens is 1. The summed E-state index contributed by atoms with van der Waals surface area (Å²) in [5.41, 5.74) is -0.0221. The molecule has 0 spiro atoms. The average Bonchev–Trinajstić information content (AvgIpc) is 2.48. The molecule has 0 atom stereocenters. The number of halogens is 1. The van der Waals surface area contributed by atoms with E-state index < -0.39 is 11.7 Å². The van der Waals surface area contributed by atoms with Gasteiger partial charge in [0.05, 0.1) is 32.8 Å². The van der Waals surface area contributed by atoms with E-state index in [4.69, 9.17) is 4.74 Å². The van der Waals surface area contributed by atoms with E-state index in [2.05, 4.69) is 24.4 Å². The molecule has 2 N–H and O–H groups in total. The van der Waals surface area contributed by atoms with Crippen LogP contribution in [0.15, 0.2) is 29.3 Å². The van der Waals surface area contributed by atoms with Crippen molar-refractivity contribution in [2.24, 2.45) is 10.9 Å². The molecule has 0 radical (unpaired) electrons. The second-order valence-electron chi connectivity index (χ2n) is 6.14. The average molecular weight is 324 g/mol. The predicted octanol–water partition coefficient (Wildman–Crippen LogP) is 1.12. The van der Waals surface area contributed by atoms with Crippen molar-refractivity contribution in [1.82, 2.24) is 5.32 Å². The number of carbonyl (C=O) groups is 1. The first kappa shape index (κ1) is 19.1. The fourth-order valence-electron chi connectivity index (χ4n) is 1.79. The first-order valence-electron chi connectivity index (χ1n) is 7.92. The van der Waals surface area contributed by atoms with Gasteiger partial charge in [0.2, 0.25) is 0 Å². The van der Waals surface area contributed by atoms with Crippen LogP contribution in [0.25, 0.3) is 0 Å². The number of hydrogen-bond acceptors (Lipinski definition) is 3. The largest absolute Gasteiger partial charge is 0.465 e. The van der Waals surface area contributed by atoms with Gasteiger partial charge in [0.25, 0.3) is 11.9 Å². The predicted molar refractivity (Wildman–Crippen MR) is 89.3 cm³/mol. The Labute approximate surface area is 137 Å². The summed E-state index contributed by atoms with van der Waals surface area (Å²) in [5.74, 6) is -0.815. The molecule has 0 aliphatic heterocycles. The summed E-state index contributed by atoms with van der Waals surface area (Å²) in [4.78, 5) is 17.8. The van der Waals surface area contributed by atoms with Gasteiger partial charge in [0.15, 0.2) is 0 Å². The van der Waals surface area contributed by atoms with Crippen molar-refractivity contribution < 1.29 is 18.8 Å². The Balaban J connectivity index is 2.69. The Morgan fingerprint density at radius 2 is 2.04 bits per heavy atom. The van der Waals surface area contributed by atoms with E-state index in [1.165, 1.54) is 17.0 Å². The summed E-state index contributed by atoms with van der Waals surface area (Å²) in [5, 5.41) is 2.56. The van der Waals surface area contributed by atoms with Crippen LogP contribution in [-0.4, -0.2) is 45.7 Å². The quantitative estimate of drug-likeness (QED) is 0.449. The van der Waals surface area contributed by atoms with Crippen LogP contribution in [0.1, 0.15) is 30.6 Å². The van der Waals surface area contributed by atoms with Crippen LogP contribution >= 0.6 is 0 Å². The van der Waals surface area contributed by atoms with Gasteiger partial charge in [-0.2, -0.15) is 0 Å². The van der Waals surface area contributed by atoms with E-state index in [1.54, 1.807) is 12.1 Å². The van der Waals surface area contributed by atoms with Gasteiger partial charge >= 0.3 is 0 Å². The molecule has 1 aromatic rings. The molecule has 6 heteroatoms.